The Labute approximate surface area is 181 Å². The fraction of sp³-hybridized carbons (Fsp3) is 0.435. The predicted molar refractivity (Wildman–Crippen MR) is 120 cm³/mol. The summed E-state index contributed by atoms with van der Waals surface area (Å²) in [7, 11) is 0. The molecular weight excluding hydrogens is 394 g/mol. The second kappa shape index (κ2) is 9.89. The summed E-state index contributed by atoms with van der Waals surface area (Å²) in [5, 5.41) is 16.8. The molecule has 8 nitrogen and oxygen atoms in total. The van der Waals surface area contributed by atoms with E-state index in [9.17, 15) is 9.90 Å². The van der Waals surface area contributed by atoms with Crippen LogP contribution in [0.5, 0.6) is 5.88 Å². The average molecular weight is 424 g/mol. The van der Waals surface area contributed by atoms with E-state index in [0.29, 0.717) is 41.7 Å². The molecule has 2 N–H and O–H groups in total. The quantitative estimate of drug-likeness (QED) is 0.633. The van der Waals surface area contributed by atoms with E-state index in [1.165, 1.54) is 25.3 Å². The van der Waals surface area contributed by atoms with Crippen LogP contribution in [0.25, 0.3) is 5.52 Å². The molecule has 2 aromatic rings. The van der Waals surface area contributed by atoms with E-state index in [2.05, 4.69) is 15.3 Å². The van der Waals surface area contributed by atoms with Crippen LogP contribution in [0.2, 0.25) is 0 Å². The van der Waals surface area contributed by atoms with Gasteiger partial charge >= 0.3 is 0 Å². The van der Waals surface area contributed by atoms with Gasteiger partial charge in [-0.1, -0.05) is 12.5 Å². The third-order valence-electron chi connectivity index (χ3n) is 5.53. The van der Waals surface area contributed by atoms with E-state index < -0.39 is 0 Å². The van der Waals surface area contributed by atoms with Crippen molar-refractivity contribution in [1.82, 2.24) is 19.8 Å². The molecule has 1 fully saturated rings. The Hall–Kier alpha value is -2.97. The maximum Gasteiger partial charge on any atom is 0.260 e. The van der Waals surface area contributed by atoms with Gasteiger partial charge in [0.2, 0.25) is 0 Å². The lowest BCUT2D eigenvalue weighted by Gasteiger charge is -2.25. The van der Waals surface area contributed by atoms with Gasteiger partial charge < -0.3 is 15.2 Å². The number of fused-ring (bicyclic) bond motifs is 1. The van der Waals surface area contributed by atoms with Crippen molar-refractivity contribution in [2.45, 2.75) is 26.2 Å². The van der Waals surface area contributed by atoms with Crippen LogP contribution in [0.15, 0.2) is 52.8 Å². The third kappa shape index (κ3) is 5.03. The summed E-state index contributed by atoms with van der Waals surface area (Å²) < 4.78 is 7.84. The number of piperidine rings is 1. The van der Waals surface area contributed by atoms with Crippen molar-refractivity contribution in [2.24, 2.45) is 4.99 Å². The van der Waals surface area contributed by atoms with E-state index in [1.54, 1.807) is 17.5 Å². The number of aliphatic hydroxyl groups excluding tert-OH is 1. The van der Waals surface area contributed by atoms with Crippen molar-refractivity contribution < 1.29 is 14.6 Å². The van der Waals surface area contributed by atoms with E-state index in [0.717, 1.165) is 25.2 Å². The molecule has 0 spiro atoms. The standard InChI is InChI=1S/C23H29N5O3/c1-17-15-19(18(16-21(17)30)24-8-13-29)25-22-20-7-3-6-11-28(20)26-23(22)31-14-12-27-9-4-2-5-10-27/h3,6-7,11,15-16,24,29H,2,4-5,8-10,12-14H2,1H3/b25-19+. The normalized spacial score (nSPS) is 18.9. The maximum absolute atomic E-state index is 12.1. The number of aliphatic hydroxyl groups is 1. The molecule has 0 saturated carbocycles. The van der Waals surface area contributed by atoms with Crippen LogP contribution in [0.4, 0.5) is 5.69 Å². The first kappa shape index (κ1) is 21.3. The molecule has 3 heterocycles. The smallest absolute Gasteiger partial charge is 0.260 e. The number of nitrogens with zero attached hydrogens (tertiary/aromatic N) is 4. The SMILES string of the molecule is CC1=C/C(=N\c2c(OCCN3CCCCC3)nn3ccccc23)C(NCCO)=CC1=O. The number of nitrogens with one attached hydrogen (secondary N) is 1. The number of pyridine rings is 1. The lowest BCUT2D eigenvalue weighted by Crippen LogP contribution is -2.33. The highest BCUT2D eigenvalue weighted by molar-refractivity contribution is 6.22. The molecule has 0 radical (unpaired) electrons. The molecule has 8 heteroatoms. The van der Waals surface area contributed by atoms with Crippen LogP contribution in [0.3, 0.4) is 0 Å². The molecule has 0 bridgehead atoms. The minimum Gasteiger partial charge on any atom is -0.474 e. The van der Waals surface area contributed by atoms with Gasteiger partial charge in [-0.3, -0.25) is 9.69 Å². The third-order valence-corrected chi connectivity index (χ3v) is 5.53. The fourth-order valence-electron chi connectivity index (χ4n) is 3.84. The van der Waals surface area contributed by atoms with Gasteiger partial charge in [-0.25, -0.2) is 9.51 Å². The molecule has 2 aliphatic rings. The number of ether oxygens (including phenoxy) is 1. The van der Waals surface area contributed by atoms with Gasteiger partial charge in [-0.15, -0.1) is 5.10 Å². The summed E-state index contributed by atoms with van der Waals surface area (Å²) >= 11 is 0. The molecule has 0 aromatic carbocycles. The van der Waals surface area contributed by atoms with Crippen LogP contribution in [0, 0.1) is 0 Å². The molecule has 0 atom stereocenters. The van der Waals surface area contributed by atoms with Crippen molar-refractivity contribution in [3.63, 3.8) is 0 Å². The van der Waals surface area contributed by atoms with Gasteiger partial charge in [-0.05, 0) is 56.6 Å². The van der Waals surface area contributed by atoms with Crippen LogP contribution in [-0.4, -0.2) is 70.5 Å². The number of ketones is 1. The Bertz CT molecular complexity index is 1030. The number of carbonyl (C=O) groups excluding carboxylic acids is 1. The maximum atomic E-state index is 12.1. The molecule has 1 saturated heterocycles. The molecule has 1 aliphatic heterocycles. The summed E-state index contributed by atoms with van der Waals surface area (Å²) in [6.07, 6.45) is 8.93. The van der Waals surface area contributed by atoms with Crippen molar-refractivity contribution in [3.05, 3.63) is 47.8 Å². The van der Waals surface area contributed by atoms with E-state index in [-0.39, 0.29) is 12.4 Å². The van der Waals surface area contributed by atoms with Gasteiger partial charge in [0.1, 0.15) is 6.61 Å². The summed E-state index contributed by atoms with van der Waals surface area (Å²) in [5.41, 5.74) is 3.26. The Morgan fingerprint density at radius 2 is 2.06 bits per heavy atom. The van der Waals surface area contributed by atoms with Crippen molar-refractivity contribution in [1.29, 1.82) is 0 Å². The Balaban J connectivity index is 1.62. The molecule has 31 heavy (non-hydrogen) atoms. The number of aliphatic imine (C=N–C) groups is 1. The topological polar surface area (TPSA) is 91.5 Å². The lowest BCUT2D eigenvalue weighted by atomic mass is 10.0. The minimum atomic E-state index is -0.0720. The summed E-state index contributed by atoms with van der Waals surface area (Å²) in [5.74, 6) is 0.400. The number of carbonyl (C=O) groups is 1. The largest absolute Gasteiger partial charge is 0.474 e. The van der Waals surface area contributed by atoms with E-state index >= 15 is 0 Å². The summed E-state index contributed by atoms with van der Waals surface area (Å²) in [6.45, 7) is 5.70. The number of rotatable bonds is 8. The van der Waals surface area contributed by atoms with Gasteiger partial charge in [0.15, 0.2) is 11.5 Å². The first-order valence-corrected chi connectivity index (χ1v) is 10.9. The van der Waals surface area contributed by atoms with E-state index in [4.69, 9.17) is 9.73 Å². The van der Waals surface area contributed by atoms with Crippen molar-refractivity contribution >= 4 is 22.7 Å². The number of hydrogen-bond acceptors (Lipinski definition) is 7. The van der Waals surface area contributed by atoms with Gasteiger partial charge in [0.05, 0.1) is 23.5 Å². The first-order valence-electron chi connectivity index (χ1n) is 10.9. The van der Waals surface area contributed by atoms with Crippen molar-refractivity contribution in [3.8, 4) is 5.88 Å². The molecule has 0 amide bonds. The molecule has 2 aromatic heterocycles. The van der Waals surface area contributed by atoms with Crippen LogP contribution >= 0.6 is 0 Å². The van der Waals surface area contributed by atoms with Crippen LogP contribution < -0.4 is 10.1 Å². The highest BCUT2D eigenvalue weighted by Gasteiger charge is 2.20. The van der Waals surface area contributed by atoms with E-state index in [1.807, 2.05) is 24.4 Å². The molecular formula is C23H29N5O3. The molecule has 1 aliphatic carbocycles. The Kier molecular flexibility index (Phi) is 6.79. The number of likely N-dealkylation sites (tertiary alicyclic amines) is 1. The van der Waals surface area contributed by atoms with Crippen LogP contribution in [0.1, 0.15) is 26.2 Å². The molecule has 164 valence electrons. The monoisotopic (exact) mass is 423 g/mol. The number of hydrogen-bond donors (Lipinski definition) is 2. The summed E-state index contributed by atoms with van der Waals surface area (Å²) in [4.78, 5) is 19.4. The zero-order valence-electron chi connectivity index (χ0n) is 17.9. The zero-order valence-corrected chi connectivity index (χ0v) is 17.9. The lowest BCUT2D eigenvalue weighted by molar-refractivity contribution is -0.111. The fourth-order valence-corrected chi connectivity index (χ4v) is 3.84. The van der Waals surface area contributed by atoms with Crippen molar-refractivity contribution in [2.75, 3.05) is 39.4 Å². The Morgan fingerprint density at radius 3 is 2.87 bits per heavy atom. The van der Waals surface area contributed by atoms with Crippen LogP contribution in [-0.2, 0) is 4.79 Å². The first-order chi connectivity index (χ1) is 15.2. The summed E-state index contributed by atoms with van der Waals surface area (Å²) in [6, 6.07) is 5.79. The number of aromatic nitrogens is 2. The Morgan fingerprint density at radius 1 is 1.23 bits per heavy atom. The molecule has 0 unspecified atom stereocenters. The van der Waals surface area contributed by atoms with Gasteiger partial charge in [0.25, 0.3) is 5.88 Å². The highest BCUT2D eigenvalue weighted by atomic mass is 16.5. The predicted octanol–water partition coefficient (Wildman–Crippen LogP) is 2.27. The van der Waals surface area contributed by atoms with Gasteiger partial charge in [-0.2, -0.15) is 0 Å². The minimum absolute atomic E-state index is 0.0386. The molecule has 4 rings (SSSR count). The zero-order chi connectivity index (χ0) is 21.6. The highest BCUT2D eigenvalue weighted by Crippen LogP contribution is 2.33. The number of allylic oxidation sites excluding steroid dienone is 3. The van der Waals surface area contributed by atoms with Gasteiger partial charge in [0, 0.05) is 25.4 Å². The second-order valence-electron chi connectivity index (χ2n) is 7.83. The average Bonchev–Trinajstić information content (AvgIpc) is 3.13. The second-order valence-corrected chi connectivity index (χ2v) is 7.83.